The molecule has 1 aliphatic heterocycles. The highest BCUT2D eigenvalue weighted by Crippen LogP contribution is 2.22. The Morgan fingerprint density at radius 1 is 1.08 bits per heavy atom. The lowest BCUT2D eigenvalue weighted by atomic mass is 10.8. The van der Waals surface area contributed by atoms with E-state index in [-0.39, 0.29) is 0 Å². The number of rotatable bonds is 1. The topological polar surface area (TPSA) is 90.2 Å². The van der Waals surface area contributed by atoms with Gasteiger partial charge in [-0.05, 0) is 13.8 Å². The van der Waals surface area contributed by atoms with E-state index in [1.807, 2.05) is 0 Å². The van der Waals surface area contributed by atoms with E-state index in [0.29, 0.717) is 0 Å². The SMILES string of the molecule is C[13CH](O)[13C@H]1O[13C@@H](C)[13C@H](O)[13C@@H](O)[13C@@H]1O. The predicted octanol–water partition coefficient (Wildman–Crippen LogP) is -1.76. The van der Waals surface area contributed by atoms with Crippen molar-refractivity contribution in [2.45, 2.75) is 50.5 Å². The zero-order chi connectivity index (χ0) is 10.2. The average molecular weight is 198 g/mol. The highest BCUT2D eigenvalue weighted by Gasteiger charge is 2.43. The lowest BCUT2D eigenvalue weighted by Crippen LogP contribution is -2.59. The van der Waals surface area contributed by atoms with Gasteiger partial charge in [-0.15, -0.1) is 0 Å². The number of hydrogen-bond donors (Lipinski definition) is 4. The van der Waals surface area contributed by atoms with Crippen LogP contribution in [0.2, 0.25) is 0 Å². The second-order valence-electron chi connectivity index (χ2n) is 3.52. The van der Waals surface area contributed by atoms with Gasteiger partial charge in [-0.3, -0.25) is 0 Å². The van der Waals surface area contributed by atoms with Crippen molar-refractivity contribution in [3.8, 4) is 0 Å². The summed E-state index contributed by atoms with van der Waals surface area (Å²) in [5.74, 6) is 0. The van der Waals surface area contributed by atoms with Crippen LogP contribution in [0.4, 0.5) is 0 Å². The summed E-state index contributed by atoms with van der Waals surface area (Å²) in [5, 5.41) is 37.2. The average Bonchev–Trinajstić information content (AvgIpc) is 2.07. The van der Waals surface area contributed by atoms with Crippen LogP contribution in [0.3, 0.4) is 0 Å². The van der Waals surface area contributed by atoms with Crippen molar-refractivity contribution in [2.75, 3.05) is 0 Å². The molecule has 0 aromatic carbocycles. The molecule has 0 saturated carbocycles. The molecule has 0 bridgehead atoms. The fourth-order valence-corrected chi connectivity index (χ4v) is 1.48. The highest BCUT2D eigenvalue weighted by atomic mass is 16.7. The third-order valence-corrected chi connectivity index (χ3v) is 2.36. The molecule has 5 nitrogen and oxygen atoms in total. The Morgan fingerprint density at radius 3 is 2.08 bits per heavy atom. The minimum absolute atomic E-state index is 0.585. The van der Waals surface area contributed by atoms with Crippen molar-refractivity contribution < 1.29 is 25.2 Å². The fourth-order valence-electron chi connectivity index (χ4n) is 1.48. The summed E-state index contributed by atoms with van der Waals surface area (Å²) in [5.41, 5.74) is 0. The van der Waals surface area contributed by atoms with Crippen LogP contribution in [0.15, 0.2) is 0 Å². The molecular weight excluding hydrogens is 182 g/mol. The summed E-state index contributed by atoms with van der Waals surface area (Å²) in [6, 6.07) is 0. The molecule has 0 amide bonds. The molecule has 0 aliphatic carbocycles. The minimum atomic E-state index is -1.26. The summed E-state index contributed by atoms with van der Waals surface area (Å²) in [6.45, 7) is 3.04. The quantitative estimate of drug-likeness (QED) is 0.375. The van der Waals surface area contributed by atoms with Gasteiger partial charge in [-0.1, -0.05) is 0 Å². The lowest BCUT2D eigenvalue weighted by Gasteiger charge is -2.40. The van der Waals surface area contributed by atoms with Crippen molar-refractivity contribution in [3.63, 3.8) is 0 Å². The smallest absolute Gasteiger partial charge is 0.112 e. The third kappa shape index (κ3) is 2.00. The molecule has 5 heteroatoms. The van der Waals surface area contributed by atoms with Crippen LogP contribution in [0.25, 0.3) is 0 Å². The Hall–Kier alpha value is -0.200. The van der Waals surface area contributed by atoms with E-state index in [1.165, 1.54) is 6.92 Å². The van der Waals surface area contributed by atoms with Gasteiger partial charge in [-0.2, -0.15) is 0 Å². The number of aliphatic hydroxyl groups is 4. The lowest BCUT2D eigenvalue weighted by molar-refractivity contribution is -0.236. The van der Waals surface area contributed by atoms with Gasteiger partial charge in [0.25, 0.3) is 0 Å². The summed E-state index contributed by atoms with van der Waals surface area (Å²) >= 11 is 0. The Bertz CT molecular complexity index is 172. The number of hydrogen-bond acceptors (Lipinski definition) is 5. The van der Waals surface area contributed by atoms with Gasteiger partial charge in [0, 0.05) is 0 Å². The molecule has 13 heavy (non-hydrogen) atoms. The first-order valence-corrected chi connectivity index (χ1v) is 4.33. The maximum absolute atomic E-state index is 9.40. The Kier molecular flexibility index (Phi) is 3.26. The maximum Gasteiger partial charge on any atom is 0.112 e. The Balaban J connectivity index is 2.70. The van der Waals surface area contributed by atoms with E-state index in [1.54, 1.807) is 6.92 Å². The van der Waals surface area contributed by atoms with Crippen molar-refractivity contribution in [2.24, 2.45) is 0 Å². The minimum Gasteiger partial charge on any atom is -0.391 e. The van der Waals surface area contributed by atoms with Crippen molar-refractivity contribution in [1.29, 1.82) is 0 Å². The van der Waals surface area contributed by atoms with Crippen molar-refractivity contribution in [3.05, 3.63) is 0 Å². The molecule has 0 radical (unpaired) electrons. The number of aliphatic hydroxyl groups excluding tert-OH is 4. The van der Waals surface area contributed by atoms with E-state index in [9.17, 15) is 20.4 Å². The van der Waals surface area contributed by atoms with Crippen LogP contribution >= 0.6 is 0 Å². The second-order valence-corrected chi connectivity index (χ2v) is 3.52. The standard InChI is InChI=1S/C8H16O5/c1-3(9)8-7(12)6(11)5(10)4(2)13-8/h3-12H,1-2H3/t3?,4-,5-,6+,7-,8+/m0/s1/i3+1,4+1,5+1,6+1,7+1,8+1. The zero-order valence-corrected chi connectivity index (χ0v) is 7.66. The molecule has 6 atom stereocenters. The van der Waals surface area contributed by atoms with Crippen LogP contribution in [0.1, 0.15) is 13.8 Å². The predicted molar refractivity (Wildman–Crippen MR) is 44.0 cm³/mol. The van der Waals surface area contributed by atoms with Gasteiger partial charge >= 0.3 is 0 Å². The first-order valence-electron chi connectivity index (χ1n) is 4.33. The van der Waals surface area contributed by atoms with E-state index >= 15 is 0 Å². The molecule has 1 fully saturated rings. The van der Waals surface area contributed by atoms with Gasteiger partial charge < -0.3 is 25.2 Å². The largest absolute Gasteiger partial charge is 0.391 e. The second kappa shape index (κ2) is 3.89. The van der Waals surface area contributed by atoms with E-state index in [4.69, 9.17) is 4.74 Å². The first-order chi connectivity index (χ1) is 5.95. The van der Waals surface area contributed by atoms with E-state index < -0.39 is 36.6 Å². The normalized spacial score (nSPS) is 48.9. The molecule has 1 aliphatic rings. The first kappa shape index (κ1) is 10.9. The Labute approximate surface area is 76.6 Å². The van der Waals surface area contributed by atoms with Crippen molar-refractivity contribution in [1.82, 2.24) is 0 Å². The highest BCUT2D eigenvalue weighted by molar-refractivity contribution is 4.92. The molecule has 1 unspecified atom stereocenters. The van der Waals surface area contributed by atoms with Gasteiger partial charge in [0.1, 0.15) is 24.4 Å². The maximum atomic E-state index is 9.40. The number of ether oxygens (including phenoxy) is 1. The molecule has 0 spiro atoms. The molecule has 1 rings (SSSR count). The van der Waals surface area contributed by atoms with E-state index in [2.05, 4.69) is 0 Å². The van der Waals surface area contributed by atoms with Crippen LogP contribution < -0.4 is 0 Å². The van der Waals surface area contributed by atoms with Gasteiger partial charge in [0.05, 0.1) is 12.2 Å². The molecular formula is C8H16O5. The third-order valence-electron chi connectivity index (χ3n) is 2.36. The molecule has 1 saturated heterocycles. The monoisotopic (exact) mass is 198 g/mol. The van der Waals surface area contributed by atoms with Crippen LogP contribution in [-0.2, 0) is 4.74 Å². The van der Waals surface area contributed by atoms with E-state index in [0.717, 1.165) is 0 Å². The molecule has 78 valence electrons. The fraction of sp³-hybridized carbons (Fsp3) is 1.00. The summed E-state index contributed by atoms with van der Waals surface area (Å²) in [6.07, 6.45) is -5.91. The van der Waals surface area contributed by atoms with Gasteiger partial charge in [0.15, 0.2) is 0 Å². The van der Waals surface area contributed by atoms with Gasteiger partial charge in [-0.25, -0.2) is 0 Å². The Morgan fingerprint density at radius 2 is 1.62 bits per heavy atom. The summed E-state index contributed by atoms with van der Waals surface area (Å²) < 4.78 is 5.13. The van der Waals surface area contributed by atoms with Crippen LogP contribution in [-0.4, -0.2) is 57.0 Å². The zero-order valence-electron chi connectivity index (χ0n) is 7.66. The van der Waals surface area contributed by atoms with Crippen LogP contribution in [0.5, 0.6) is 0 Å². The molecule has 0 aromatic rings. The molecule has 0 aromatic heterocycles. The van der Waals surface area contributed by atoms with Gasteiger partial charge in [0.2, 0.25) is 0 Å². The molecule has 1 heterocycles. The molecule has 4 N–H and O–H groups in total. The van der Waals surface area contributed by atoms with Crippen LogP contribution in [0, 0.1) is 0 Å². The van der Waals surface area contributed by atoms with Crippen molar-refractivity contribution >= 4 is 0 Å². The summed E-state index contributed by atoms with van der Waals surface area (Å²) in [7, 11) is 0. The summed E-state index contributed by atoms with van der Waals surface area (Å²) in [4.78, 5) is 0.